The van der Waals surface area contributed by atoms with Crippen molar-refractivity contribution < 1.29 is 19.5 Å². The molecule has 8 heteroatoms. The Hall–Kier alpha value is -2.84. The van der Waals surface area contributed by atoms with Crippen LogP contribution in [0.15, 0.2) is 41.4 Å². The third-order valence-electron chi connectivity index (χ3n) is 7.79. The monoisotopic (exact) mass is 583 g/mol. The summed E-state index contributed by atoms with van der Waals surface area (Å²) in [5.74, 6) is 0.507. The molecular formula is C33H49N3O4S. The first-order chi connectivity index (χ1) is 19.4. The van der Waals surface area contributed by atoms with Crippen LogP contribution in [0.25, 0.3) is 0 Å². The van der Waals surface area contributed by atoms with E-state index in [1.54, 1.807) is 11.3 Å². The normalized spacial score (nSPS) is 19.0. The molecule has 226 valence electrons. The molecule has 2 aliphatic rings. The summed E-state index contributed by atoms with van der Waals surface area (Å²) in [6, 6.07) is 12.0. The first-order valence-electron chi connectivity index (χ1n) is 14.7. The minimum atomic E-state index is -0.833. The van der Waals surface area contributed by atoms with Gasteiger partial charge in [0, 0.05) is 23.9 Å². The Labute approximate surface area is 250 Å². The van der Waals surface area contributed by atoms with Crippen molar-refractivity contribution in [2.24, 2.45) is 22.1 Å². The Kier molecular flexibility index (Phi) is 12.9. The number of nitrogens with two attached hydrogens (primary N) is 1. The number of aliphatic carboxylic acids is 1. The van der Waals surface area contributed by atoms with Crippen LogP contribution in [0.1, 0.15) is 112 Å². The number of nitrogens with zero attached hydrogens (tertiary/aromatic N) is 2. The number of carbonyl (C=O) groups excluding carboxylic acids is 2. The molecule has 0 radical (unpaired) electrons. The van der Waals surface area contributed by atoms with Crippen LogP contribution >= 0.6 is 11.3 Å². The van der Waals surface area contributed by atoms with E-state index in [2.05, 4.69) is 52.5 Å². The van der Waals surface area contributed by atoms with Gasteiger partial charge < -0.3 is 15.7 Å². The van der Waals surface area contributed by atoms with Crippen LogP contribution < -0.4 is 5.73 Å². The van der Waals surface area contributed by atoms with Gasteiger partial charge in [0.15, 0.2) is 0 Å². The second-order valence-electron chi connectivity index (χ2n) is 12.1. The first-order valence-corrected chi connectivity index (χ1v) is 15.5. The van der Waals surface area contributed by atoms with E-state index in [0.717, 1.165) is 42.9 Å². The van der Waals surface area contributed by atoms with E-state index in [-0.39, 0.29) is 11.3 Å². The molecule has 2 aromatic rings. The second-order valence-corrected chi connectivity index (χ2v) is 13.2. The lowest BCUT2D eigenvalue weighted by Crippen LogP contribution is -2.46. The van der Waals surface area contributed by atoms with Crippen LogP contribution in [0.5, 0.6) is 0 Å². The number of hydrogen-bond donors (Lipinski definition) is 2. The molecule has 1 aliphatic heterocycles. The minimum Gasteiger partial charge on any atom is -0.481 e. The molecule has 3 N–H and O–H groups in total. The number of aliphatic imine (C=N–C) groups is 1. The number of benzene rings is 1. The Balaban J connectivity index is 0.000000902. The van der Waals surface area contributed by atoms with Gasteiger partial charge in [-0.1, -0.05) is 64.8 Å². The molecule has 1 aromatic carbocycles. The van der Waals surface area contributed by atoms with Gasteiger partial charge in [-0.2, -0.15) is 0 Å². The van der Waals surface area contributed by atoms with Crippen LogP contribution in [0.2, 0.25) is 0 Å². The molecule has 2 unspecified atom stereocenters. The van der Waals surface area contributed by atoms with Crippen LogP contribution in [0, 0.1) is 11.3 Å². The zero-order chi connectivity index (χ0) is 30.8. The van der Waals surface area contributed by atoms with Crippen LogP contribution in [0.3, 0.4) is 0 Å². The lowest BCUT2D eigenvalue weighted by atomic mass is 9.74. The van der Waals surface area contributed by atoms with E-state index < -0.39 is 11.6 Å². The number of amides is 1. The van der Waals surface area contributed by atoms with Gasteiger partial charge in [-0.05, 0) is 81.0 Å². The number of thiophene rings is 1. The summed E-state index contributed by atoms with van der Waals surface area (Å²) in [5, 5.41) is 7.42. The first kappa shape index (κ1) is 34.4. The fraction of sp³-hybridized carbons (Fsp3) is 0.576. The van der Waals surface area contributed by atoms with Gasteiger partial charge >= 0.3 is 0 Å². The zero-order valence-corrected chi connectivity index (χ0v) is 26.7. The Morgan fingerprint density at radius 1 is 1.17 bits per heavy atom. The summed E-state index contributed by atoms with van der Waals surface area (Å²) in [6.07, 6.45) is 8.43. The fourth-order valence-corrected chi connectivity index (χ4v) is 6.43. The Bertz CT molecular complexity index is 1170. The van der Waals surface area contributed by atoms with E-state index >= 15 is 0 Å². The lowest BCUT2D eigenvalue weighted by Gasteiger charge is -2.37. The molecule has 1 amide bonds. The van der Waals surface area contributed by atoms with E-state index in [9.17, 15) is 9.59 Å². The van der Waals surface area contributed by atoms with Gasteiger partial charge in [0.2, 0.25) is 0 Å². The maximum Gasteiger partial charge on any atom is 0.300 e. The number of carboxylic acids is 1. The average Bonchev–Trinajstić information content (AvgIpc) is 3.60. The summed E-state index contributed by atoms with van der Waals surface area (Å²) < 4.78 is 0. The van der Waals surface area contributed by atoms with E-state index in [1.807, 2.05) is 29.2 Å². The van der Waals surface area contributed by atoms with Gasteiger partial charge in [0.1, 0.15) is 17.7 Å². The molecule has 2 atom stereocenters. The average molecular weight is 584 g/mol. The molecule has 41 heavy (non-hydrogen) atoms. The topological polar surface area (TPSA) is 113 Å². The standard InChI is InChI=1S/C30H40N2O2S.C2H4O2.CH5N/c1-6-7-24(29(2,3)4)16-18-30(5)31-27(26-15-14-25(35-26)23-12-13-23)28(34)32(30)19-17-21-8-10-22(20-33)11-9-21;1-2(3)4;1-2/h8-11,14-15,20,23-24H,6-7,12-13,16-19H2,1-5H3;1H3,(H,3,4);2H2,1H3. The summed E-state index contributed by atoms with van der Waals surface area (Å²) in [7, 11) is 1.50. The number of aldehydes is 1. The van der Waals surface area contributed by atoms with E-state index in [0.29, 0.717) is 29.7 Å². The maximum atomic E-state index is 13.8. The number of rotatable bonds is 11. The zero-order valence-electron chi connectivity index (χ0n) is 25.9. The van der Waals surface area contributed by atoms with Crippen molar-refractivity contribution in [2.45, 2.75) is 98.1 Å². The van der Waals surface area contributed by atoms with Crippen molar-refractivity contribution >= 4 is 35.2 Å². The number of carboxylic acid groups (broad SMARTS) is 1. The third-order valence-corrected chi connectivity index (χ3v) is 9.04. The minimum absolute atomic E-state index is 0.0593. The van der Waals surface area contributed by atoms with Crippen LogP contribution in [-0.2, 0) is 16.0 Å². The van der Waals surface area contributed by atoms with Gasteiger partial charge in [0.05, 0.1) is 4.88 Å². The molecule has 1 aromatic heterocycles. The number of carbonyl (C=O) groups is 3. The molecule has 1 saturated carbocycles. The molecule has 0 bridgehead atoms. The van der Waals surface area contributed by atoms with Crippen molar-refractivity contribution in [3.63, 3.8) is 0 Å². The molecule has 1 fully saturated rings. The van der Waals surface area contributed by atoms with Crippen molar-refractivity contribution in [3.05, 3.63) is 57.3 Å². The molecule has 0 spiro atoms. The van der Waals surface area contributed by atoms with Gasteiger partial charge in [-0.15, -0.1) is 11.3 Å². The molecule has 0 saturated heterocycles. The molecule has 7 nitrogen and oxygen atoms in total. The van der Waals surface area contributed by atoms with Gasteiger partial charge in [0.25, 0.3) is 11.9 Å². The highest BCUT2D eigenvalue weighted by Crippen LogP contribution is 2.44. The molecule has 2 heterocycles. The summed E-state index contributed by atoms with van der Waals surface area (Å²) >= 11 is 1.75. The van der Waals surface area contributed by atoms with Crippen molar-refractivity contribution in [1.29, 1.82) is 0 Å². The van der Waals surface area contributed by atoms with Crippen molar-refractivity contribution in [1.82, 2.24) is 4.90 Å². The SMILES string of the molecule is CC(=O)O.CCCC(CCC1(C)N=C(c2ccc(C3CC3)s2)C(=O)N1CCc1ccc(C=O)cc1)C(C)(C)C.CN. The Morgan fingerprint density at radius 3 is 2.29 bits per heavy atom. The summed E-state index contributed by atoms with van der Waals surface area (Å²) in [6.45, 7) is 13.1. The largest absolute Gasteiger partial charge is 0.481 e. The Morgan fingerprint density at radius 2 is 1.78 bits per heavy atom. The van der Waals surface area contributed by atoms with Crippen LogP contribution in [-0.4, -0.2) is 53.1 Å². The highest BCUT2D eigenvalue weighted by atomic mass is 32.1. The molecule has 4 rings (SSSR count). The fourth-order valence-electron chi connectivity index (χ4n) is 5.27. The highest BCUT2D eigenvalue weighted by molar-refractivity contribution is 7.15. The smallest absolute Gasteiger partial charge is 0.300 e. The maximum absolute atomic E-state index is 13.8. The van der Waals surface area contributed by atoms with E-state index in [4.69, 9.17) is 14.9 Å². The summed E-state index contributed by atoms with van der Waals surface area (Å²) in [5.41, 5.74) is 6.65. The summed E-state index contributed by atoms with van der Waals surface area (Å²) in [4.78, 5) is 43.3. The third kappa shape index (κ3) is 9.89. The van der Waals surface area contributed by atoms with Crippen LogP contribution in [0.4, 0.5) is 0 Å². The lowest BCUT2D eigenvalue weighted by molar-refractivity contribution is -0.134. The number of hydrogen-bond acceptors (Lipinski definition) is 6. The van der Waals surface area contributed by atoms with Crippen molar-refractivity contribution in [2.75, 3.05) is 13.6 Å². The van der Waals surface area contributed by atoms with Gasteiger partial charge in [-0.3, -0.25) is 19.4 Å². The van der Waals surface area contributed by atoms with Gasteiger partial charge in [-0.25, -0.2) is 0 Å². The molecule has 1 aliphatic carbocycles. The molecular weight excluding hydrogens is 534 g/mol. The predicted molar refractivity (Wildman–Crippen MR) is 169 cm³/mol. The second kappa shape index (κ2) is 15.4. The highest BCUT2D eigenvalue weighted by Gasteiger charge is 2.44. The van der Waals surface area contributed by atoms with E-state index in [1.165, 1.54) is 37.6 Å². The quantitative estimate of drug-likeness (QED) is 0.278. The van der Waals surface area contributed by atoms with Crippen molar-refractivity contribution in [3.8, 4) is 0 Å². The predicted octanol–water partition coefficient (Wildman–Crippen LogP) is 6.94.